The van der Waals surface area contributed by atoms with Crippen molar-refractivity contribution in [3.63, 3.8) is 0 Å². The molecule has 7 heteroatoms. The molecule has 2 N–H and O–H groups in total. The number of hydrogen-bond donors (Lipinski definition) is 2. The van der Waals surface area contributed by atoms with Gasteiger partial charge in [-0.1, -0.05) is 12.1 Å². The quantitative estimate of drug-likeness (QED) is 0.597. The van der Waals surface area contributed by atoms with E-state index in [0.29, 0.717) is 0 Å². The highest BCUT2D eigenvalue weighted by Crippen LogP contribution is 2.26. The van der Waals surface area contributed by atoms with Crippen molar-refractivity contribution in [3.8, 4) is 0 Å². The molecule has 16 heavy (non-hydrogen) atoms. The molecule has 0 aliphatic rings. The van der Waals surface area contributed by atoms with E-state index in [1.54, 1.807) is 0 Å². The zero-order valence-corrected chi connectivity index (χ0v) is 7.96. The fourth-order valence-corrected chi connectivity index (χ4v) is 1.21. The summed E-state index contributed by atoms with van der Waals surface area (Å²) < 4.78 is 13.4. The lowest BCUT2D eigenvalue weighted by Crippen LogP contribution is -2.08. The highest BCUT2D eigenvalue weighted by atomic mass is 19.1. The first kappa shape index (κ1) is 12.1. The maximum Gasteiger partial charge on any atom is 0.306 e. The van der Waals surface area contributed by atoms with Crippen LogP contribution >= 0.6 is 0 Å². The normalized spacial score (nSPS) is 12.1. The van der Waals surface area contributed by atoms with Gasteiger partial charge in [0.15, 0.2) is 0 Å². The Bertz CT molecular complexity index is 434. The number of aliphatic carboxylic acids is 1. The van der Waals surface area contributed by atoms with Gasteiger partial charge < -0.3 is 10.2 Å². The molecular weight excluding hydrogens is 221 g/mol. The number of nitro benzene ring substituents is 1. The van der Waals surface area contributed by atoms with Crippen LogP contribution in [0.4, 0.5) is 10.1 Å². The molecule has 1 aromatic carbocycles. The number of carboxylic acids is 1. The monoisotopic (exact) mass is 229 g/mol. The highest BCUT2D eigenvalue weighted by Gasteiger charge is 2.23. The number of nitro groups is 1. The molecule has 0 aromatic heterocycles. The number of aliphatic hydroxyl groups excluding tert-OH is 1. The second-order valence-corrected chi connectivity index (χ2v) is 3.05. The van der Waals surface area contributed by atoms with Crippen molar-refractivity contribution >= 4 is 11.7 Å². The molecule has 6 nitrogen and oxygen atoms in total. The summed E-state index contributed by atoms with van der Waals surface area (Å²) in [5.74, 6) is -2.53. The Morgan fingerprint density at radius 1 is 1.56 bits per heavy atom. The van der Waals surface area contributed by atoms with Crippen LogP contribution < -0.4 is 0 Å². The zero-order valence-electron chi connectivity index (χ0n) is 7.96. The van der Waals surface area contributed by atoms with Crippen molar-refractivity contribution < 1.29 is 24.3 Å². The first-order chi connectivity index (χ1) is 7.43. The van der Waals surface area contributed by atoms with Crippen LogP contribution in [0.2, 0.25) is 0 Å². The Kier molecular flexibility index (Phi) is 3.51. The number of carbonyl (C=O) groups is 1. The molecule has 1 unspecified atom stereocenters. The molecule has 1 aromatic rings. The van der Waals surface area contributed by atoms with E-state index >= 15 is 0 Å². The number of nitrogens with zero attached hydrogens (tertiary/aromatic N) is 1. The fourth-order valence-electron chi connectivity index (χ4n) is 1.21. The van der Waals surface area contributed by atoms with E-state index in [1.165, 1.54) is 6.07 Å². The molecule has 0 bridgehead atoms. The summed E-state index contributed by atoms with van der Waals surface area (Å²) in [6.45, 7) is 0. The van der Waals surface area contributed by atoms with Crippen LogP contribution in [0.25, 0.3) is 0 Å². The van der Waals surface area contributed by atoms with Gasteiger partial charge in [0.1, 0.15) is 0 Å². The minimum absolute atomic E-state index is 0.392. The van der Waals surface area contributed by atoms with E-state index in [9.17, 15) is 24.4 Å². The number of carboxylic acid groups (broad SMARTS) is 1. The molecule has 0 spiro atoms. The van der Waals surface area contributed by atoms with E-state index in [1.807, 2.05) is 0 Å². The van der Waals surface area contributed by atoms with Gasteiger partial charge in [-0.2, -0.15) is 4.39 Å². The topological polar surface area (TPSA) is 101 Å². The Labute approximate surface area is 89.1 Å². The standard InChI is InChI=1S/C9H8FNO5/c10-9-5(7(12)4-8(13)14)2-1-3-6(9)11(15)16/h1-3,7,12H,4H2,(H,13,14). The smallest absolute Gasteiger partial charge is 0.306 e. The molecule has 0 fully saturated rings. The molecule has 0 saturated heterocycles. The van der Waals surface area contributed by atoms with Gasteiger partial charge in [0.05, 0.1) is 17.4 Å². The van der Waals surface area contributed by atoms with Gasteiger partial charge in [0.2, 0.25) is 5.82 Å². The van der Waals surface area contributed by atoms with Gasteiger partial charge in [0, 0.05) is 11.6 Å². The van der Waals surface area contributed by atoms with Gasteiger partial charge in [-0.25, -0.2) is 0 Å². The van der Waals surface area contributed by atoms with Gasteiger partial charge >= 0.3 is 11.7 Å². The van der Waals surface area contributed by atoms with Crippen LogP contribution in [0.3, 0.4) is 0 Å². The van der Waals surface area contributed by atoms with Crippen LogP contribution in [0.15, 0.2) is 18.2 Å². The van der Waals surface area contributed by atoms with Crippen LogP contribution in [-0.2, 0) is 4.79 Å². The molecular formula is C9H8FNO5. The maximum absolute atomic E-state index is 13.4. The summed E-state index contributed by atoms with van der Waals surface area (Å²) in [6.07, 6.45) is -2.31. The Morgan fingerprint density at radius 2 is 2.19 bits per heavy atom. The van der Waals surface area contributed by atoms with E-state index in [0.717, 1.165) is 12.1 Å². The van der Waals surface area contributed by atoms with Gasteiger partial charge in [-0.3, -0.25) is 14.9 Å². The molecule has 0 amide bonds. The third-order valence-corrected chi connectivity index (χ3v) is 1.93. The van der Waals surface area contributed by atoms with Crippen molar-refractivity contribution in [3.05, 3.63) is 39.7 Å². The SMILES string of the molecule is O=C(O)CC(O)c1cccc([N+](=O)[O-])c1F. The predicted molar refractivity (Wildman–Crippen MR) is 50.3 cm³/mol. The Morgan fingerprint density at radius 3 is 2.69 bits per heavy atom. The summed E-state index contributed by atoms with van der Waals surface area (Å²) in [5, 5.41) is 28.1. The molecule has 86 valence electrons. The van der Waals surface area contributed by atoms with E-state index in [2.05, 4.69) is 0 Å². The van der Waals surface area contributed by atoms with Crippen LogP contribution in [0.1, 0.15) is 18.1 Å². The lowest BCUT2D eigenvalue weighted by molar-refractivity contribution is -0.387. The van der Waals surface area contributed by atoms with E-state index in [4.69, 9.17) is 5.11 Å². The predicted octanol–water partition coefficient (Wildman–Crippen LogP) is 1.24. The second kappa shape index (κ2) is 4.67. The van der Waals surface area contributed by atoms with Crippen LogP contribution in [-0.4, -0.2) is 21.1 Å². The molecule has 0 aliphatic heterocycles. The van der Waals surface area contributed by atoms with Gasteiger partial charge in [0.25, 0.3) is 0 Å². The molecule has 1 atom stereocenters. The largest absolute Gasteiger partial charge is 0.481 e. The molecule has 0 saturated carbocycles. The summed E-state index contributed by atoms with van der Waals surface area (Å²) in [5.41, 5.74) is -1.18. The Balaban J connectivity index is 3.10. The van der Waals surface area contributed by atoms with Gasteiger partial charge in [-0.05, 0) is 0 Å². The third kappa shape index (κ3) is 2.51. The number of hydrogen-bond acceptors (Lipinski definition) is 4. The molecule has 1 rings (SSSR count). The number of rotatable bonds is 4. The van der Waals surface area contributed by atoms with E-state index in [-0.39, 0.29) is 0 Å². The highest BCUT2D eigenvalue weighted by molar-refractivity contribution is 5.67. The molecule has 0 aliphatic carbocycles. The second-order valence-electron chi connectivity index (χ2n) is 3.05. The number of benzene rings is 1. The summed E-state index contributed by atoms with van der Waals surface area (Å²) in [6, 6.07) is 3.23. The van der Waals surface area contributed by atoms with Crippen LogP contribution in [0.5, 0.6) is 0 Å². The minimum atomic E-state index is -1.60. The van der Waals surface area contributed by atoms with Crippen molar-refractivity contribution in [1.29, 1.82) is 0 Å². The summed E-state index contributed by atoms with van der Waals surface area (Å²) >= 11 is 0. The maximum atomic E-state index is 13.4. The lowest BCUT2D eigenvalue weighted by atomic mass is 10.1. The summed E-state index contributed by atoms with van der Waals surface area (Å²) in [7, 11) is 0. The first-order valence-electron chi connectivity index (χ1n) is 4.26. The minimum Gasteiger partial charge on any atom is -0.481 e. The van der Waals surface area contributed by atoms with Crippen LogP contribution in [0, 0.1) is 15.9 Å². The molecule has 0 heterocycles. The third-order valence-electron chi connectivity index (χ3n) is 1.93. The summed E-state index contributed by atoms with van der Waals surface area (Å²) in [4.78, 5) is 19.7. The van der Waals surface area contributed by atoms with Gasteiger partial charge in [-0.15, -0.1) is 0 Å². The lowest BCUT2D eigenvalue weighted by Gasteiger charge is -2.08. The van der Waals surface area contributed by atoms with Crippen molar-refractivity contribution in [2.75, 3.05) is 0 Å². The van der Waals surface area contributed by atoms with Crippen molar-refractivity contribution in [1.82, 2.24) is 0 Å². The fraction of sp³-hybridized carbons (Fsp3) is 0.222. The number of halogens is 1. The zero-order chi connectivity index (χ0) is 12.3. The van der Waals surface area contributed by atoms with E-state index < -0.39 is 40.5 Å². The number of aliphatic hydroxyl groups is 1. The average Bonchev–Trinajstić information content (AvgIpc) is 2.16. The average molecular weight is 229 g/mol. The Hall–Kier alpha value is -2.02. The van der Waals surface area contributed by atoms with Crippen molar-refractivity contribution in [2.24, 2.45) is 0 Å². The molecule has 0 radical (unpaired) electrons. The van der Waals surface area contributed by atoms with Crippen molar-refractivity contribution in [2.45, 2.75) is 12.5 Å². The first-order valence-corrected chi connectivity index (χ1v) is 4.26.